The van der Waals surface area contributed by atoms with Crippen LogP contribution in [0.3, 0.4) is 0 Å². The third kappa shape index (κ3) is 6.73. The molecule has 0 N–H and O–H groups in total. The van der Waals surface area contributed by atoms with Crippen LogP contribution in [-0.4, -0.2) is 101 Å². The lowest BCUT2D eigenvalue weighted by atomic mass is 9.58. The number of anilines is 3. The standard InChI is InChI=1S/C50H24B11NO3S/c1-63-25-18-24(19-26(20-25)64-2)62(23-10-7-9-22(16-23)33-38(51)36-37(42(55)39(33)52)44(57)46(59)45(58)43(36)56)49-47(60)40(53)35(41(54)48(49)61)29-15-14-28(32-17-21-8-3-6-13-31(21)66-32)34-27-11-4-5-12-30(27)65-50(29)34/h3-20H,1-2H3. The van der Waals surface area contributed by atoms with Crippen LogP contribution in [-0.2, 0) is 0 Å². The molecule has 0 unspecified atom stereocenters. The van der Waals surface area contributed by atoms with Crippen molar-refractivity contribution >= 4 is 218 Å². The molecule has 16 heteroatoms. The van der Waals surface area contributed by atoms with E-state index in [2.05, 4.69) is 24.3 Å². The molecule has 0 atom stereocenters. The summed E-state index contributed by atoms with van der Waals surface area (Å²) in [5.41, 5.74) is 7.03. The predicted molar refractivity (Wildman–Crippen MR) is 290 cm³/mol. The lowest BCUT2D eigenvalue weighted by Gasteiger charge is -2.33. The van der Waals surface area contributed by atoms with Crippen LogP contribution in [0.5, 0.6) is 11.5 Å². The van der Waals surface area contributed by atoms with E-state index in [9.17, 15) is 0 Å². The Bertz CT molecular complexity index is 3600. The van der Waals surface area contributed by atoms with Crippen LogP contribution in [0.1, 0.15) is 0 Å². The number of hydrogen-bond donors (Lipinski definition) is 0. The van der Waals surface area contributed by atoms with Gasteiger partial charge in [0.2, 0.25) is 0 Å². The second-order valence-corrected chi connectivity index (χ2v) is 17.1. The minimum atomic E-state index is 0.0754. The number of ether oxygens (including phenoxy) is 2. The summed E-state index contributed by atoms with van der Waals surface area (Å²) >= 11 is 1.71. The Morgan fingerprint density at radius 1 is 0.470 bits per heavy atom. The molecule has 2 aromatic heterocycles. The van der Waals surface area contributed by atoms with Gasteiger partial charge in [0, 0.05) is 61.1 Å². The van der Waals surface area contributed by atoms with Crippen LogP contribution >= 0.6 is 11.3 Å². The monoisotopic (exact) mass is 839 g/mol. The first-order chi connectivity index (χ1) is 31.7. The number of para-hydroxylation sites is 1. The van der Waals surface area contributed by atoms with Gasteiger partial charge >= 0.3 is 0 Å². The Labute approximate surface area is 401 Å². The maximum Gasteiger partial charge on any atom is 0.143 e. The first-order valence-electron chi connectivity index (χ1n) is 20.6. The largest absolute Gasteiger partial charge is 0.497 e. The molecule has 0 fully saturated rings. The van der Waals surface area contributed by atoms with Crippen LogP contribution in [0.2, 0.25) is 0 Å². The summed E-state index contributed by atoms with van der Waals surface area (Å²) < 4.78 is 19.3. The Hall–Kier alpha value is -6.11. The first kappa shape index (κ1) is 43.8. The van der Waals surface area contributed by atoms with E-state index in [1.807, 2.05) is 66.7 Å². The number of thiophene rings is 1. The number of rotatable bonds is 8. The molecule has 10 rings (SSSR count). The van der Waals surface area contributed by atoms with Gasteiger partial charge in [-0.2, -0.15) is 0 Å². The smallest absolute Gasteiger partial charge is 0.143 e. The number of furan rings is 1. The summed E-state index contributed by atoms with van der Waals surface area (Å²) in [6.07, 6.45) is 0. The van der Waals surface area contributed by atoms with E-state index in [0.717, 1.165) is 26.6 Å². The van der Waals surface area contributed by atoms with Crippen molar-refractivity contribution in [3.05, 3.63) is 109 Å². The molecule has 66 heavy (non-hydrogen) atoms. The molecule has 0 aliphatic heterocycles. The zero-order valence-electron chi connectivity index (χ0n) is 35.8. The summed E-state index contributed by atoms with van der Waals surface area (Å²) in [6, 6.07) is 35.0. The van der Waals surface area contributed by atoms with Gasteiger partial charge in [-0.05, 0) is 69.2 Å². The highest BCUT2D eigenvalue weighted by atomic mass is 32.1. The quantitative estimate of drug-likeness (QED) is 0.216. The Morgan fingerprint density at radius 2 is 1.06 bits per heavy atom. The van der Waals surface area contributed by atoms with E-state index in [4.69, 9.17) is 100 Å². The molecule has 286 valence electrons. The van der Waals surface area contributed by atoms with Gasteiger partial charge in [0.05, 0.1) is 19.9 Å². The Kier molecular flexibility index (Phi) is 11.0. The van der Waals surface area contributed by atoms with Gasteiger partial charge in [0.25, 0.3) is 0 Å². The molecule has 10 aromatic rings. The summed E-state index contributed by atoms with van der Waals surface area (Å²) in [4.78, 5) is 2.89. The number of fused-ring (bicyclic) bond motifs is 5. The summed E-state index contributed by atoms with van der Waals surface area (Å²) in [6.45, 7) is 0. The van der Waals surface area contributed by atoms with E-state index >= 15 is 0 Å². The molecule has 0 saturated heterocycles. The van der Waals surface area contributed by atoms with E-state index in [-0.39, 0.29) is 65.8 Å². The van der Waals surface area contributed by atoms with Gasteiger partial charge in [0.15, 0.2) is 0 Å². The van der Waals surface area contributed by atoms with Crippen molar-refractivity contribution in [1.29, 1.82) is 0 Å². The van der Waals surface area contributed by atoms with Gasteiger partial charge < -0.3 is 18.8 Å². The Balaban J connectivity index is 1.21. The Morgan fingerprint density at radius 3 is 1.73 bits per heavy atom. The summed E-state index contributed by atoms with van der Waals surface area (Å²) in [7, 11) is 77.8. The van der Waals surface area contributed by atoms with Crippen LogP contribution in [0.25, 0.3) is 75.5 Å². The van der Waals surface area contributed by atoms with Crippen molar-refractivity contribution in [3.8, 4) is 44.2 Å². The molecule has 2 heterocycles. The number of hydrogen-bond acceptors (Lipinski definition) is 5. The minimum Gasteiger partial charge on any atom is -0.497 e. The van der Waals surface area contributed by atoms with Gasteiger partial charge in [0.1, 0.15) is 109 Å². The van der Waals surface area contributed by atoms with Crippen LogP contribution in [0.4, 0.5) is 17.1 Å². The average Bonchev–Trinajstić information content (AvgIpc) is 3.95. The van der Waals surface area contributed by atoms with Gasteiger partial charge in [-0.15, -0.1) is 22.3 Å². The topological polar surface area (TPSA) is 34.8 Å². The van der Waals surface area contributed by atoms with E-state index in [1.54, 1.807) is 48.7 Å². The molecular formula is C50H24B11NO3S. The lowest BCUT2D eigenvalue weighted by Crippen LogP contribution is -2.52. The van der Waals surface area contributed by atoms with Crippen molar-refractivity contribution in [2.24, 2.45) is 0 Å². The third-order valence-electron chi connectivity index (χ3n) is 12.4. The van der Waals surface area contributed by atoms with Gasteiger partial charge in [-0.25, -0.2) is 0 Å². The SMILES string of the molecule is [B]c1c([B])c(N(c2cc(OC)cc(OC)c2)c2cccc(-c3c([B])c([B])c4c([B])c([B])c([B])c([B])c4c3[B])c2)c([B])c([B])c1-c1ccc(-c2cc3ccccc3s2)c2c1oc1ccccc12. The van der Waals surface area contributed by atoms with Crippen molar-refractivity contribution in [1.82, 2.24) is 0 Å². The summed E-state index contributed by atoms with van der Waals surface area (Å²) in [5, 5.41) is 3.61. The summed E-state index contributed by atoms with van der Waals surface area (Å²) in [5.74, 6) is 0.957. The van der Waals surface area contributed by atoms with E-state index in [0.29, 0.717) is 67.1 Å². The highest BCUT2D eigenvalue weighted by molar-refractivity contribution is 7.22. The van der Waals surface area contributed by atoms with E-state index in [1.165, 1.54) is 4.70 Å². The fourth-order valence-electron chi connectivity index (χ4n) is 9.06. The predicted octanol–water partition coefficient (Wildman–Crippen LogP) is 1.17. The molecule has 0 spiro atoms. The van der Waals surface area contributed by atoms with Crippen molar-refractivity contribution in [2.75, 3.05) is 19.1 Å². The molecule has 22 radical (unpaired) electrons. The first-order valence-corrected chi connectivity index (χ1v) is 21.4. The van der Waals surface area contributed by atoms with Crippen LogP contribution in [0, 0.1) is 0 Å². The molecule has 0 amide bonds. The number of nitrogens with zero attached hydrogens (tertiary/aromatic N) is 1. The maximum atomic E-state index is 7.23. The van der Waals surface area contributed by atoms with Crippen LogP contribution in [0.15, 0.2) is 114 Å². The lowest BCUT2D eigenvalue weighted by molar-refractivity contribution is 0.394. The minimum absolute atomic E-state index is 0.0754. The van der Waals surface area contributed by atoms with Crippen molar-refractivity contribution in [3.63, 3.8) is 0 Å². The van der Waals surface area contributed by atoms with E-state index < -0.39 is 0 Å². The second-order valence-electron chi connectivity index (χ2n) is 16.0. The highest BCUT2D eigenvalue weighted by Crippen LogP contribution is 2.45. The highest BCUT2D eigenvalue weighted by Gasteiger charge is 2.27. The van der Waals surface area contributed by atoms with Crippen molar-refractivity contribution < 1.29 is 13.9 Å². The second kappa shape index (κ2) is 16.6. The fraction of sp³-hybridized carbons (Fsp3) is 0.0400. The molecule has 0 aliphatic rings. The van der Waals surface area contributed by atoms with Gasteiger partial charge in [-0.1, -0.05) is 104 Å². The third-order valence-corrected chi connectivity index (χ3v) is 13.5. The molecular weight excluding hydrogens is 814 g/mol. The fourth-order valence-corrected chi connectivity index (χ4v) is 10.2. The molecule has 0 saturated carbocycles. The zero-order valence-corrected chi connectivity index (χ0v) is 36.6. The molecule has 8 aromatic carbocycles. The number of methoxy groups -OCH3 is 2. The van der Waals surface area contributed by atoms with Crippen molar-refractivity contribution in [2.45, 2.75) is 0 Å². The zero-order chi connectivity index (χ0) is 46.5. The average molecular weight is 838 g/mol. The normalized spacial score (nSPS) is 11.5. The van der Waals surface area contributed by atoms with Crippen LogP contribution < -0.4 is 74.5 Å². The maximum absolute atomic E-state index is 7.23. The number of benzene rings is 8. The van der Waals surface area contributed by atoms with Gasteiger partial charge in [-0.3, -0.25) is 0 Å². The molecule has 0 aliphatic carbocycles. The molecule has 4 nitrogen and oxygen atoms in total. The molecule has 0 bridgehead atoms.